The molecule has 1 aliphatic carbocycles. The number of halogens is 3. The number of ether oxygens (including phenoxy) is 2. The van der Waals surface area contributed by atoms with Crippen LogP contribution >= 0.6 is 34.8 Å². The van der Waals surface area contributed by atoms with Crippen LogP contribution in [0.4, 0.5) is 5.69 Å². The molecule has 0 aromatic heterocycles. The van der Waals surface area contributed by atoms with Gasteiger partial charge in [0.05, 0.1) is 30.9 Å². The summed E-state index contributed by atoms with van der Waals surface area (Å²) >= 11 is 18.8. The smallest absolute Gasteiger partial charge is 0.201 e. The van der Waals surface area contributed by atoms with Crippen molar-refractivity contribution in [1.82, 2.24) is 0 Å². The maximum atomic E-state index is 13.1. The molecule has 2 aromatic rings. The number of carbonyl (C=O) groups is 2. The summed E-state index contributed by atoms with van der Waals surface area (Å²) in [6, 6.07) is 6.53. The van der Waals surface area contributed by atoms with Crippen molar-refractivity contribution in [1.29, 1.82) is 0 Å². The minimum absolute atomic E-state index is 0.0408. The van der Waals surface area contributed by atoms with Gasteiger partial charge in [0, 0.05) is 11.1 Å². The predicted molar refractivity (Wildman–Crippen MR) is 99.2 cm³/mol. The molecule has 0 radical (unpaired) electrons. The monoisotopic (exact) mass is 409 g/mol. The van der Waals surface area contributed by atoms with E-state index < -0.39 is 4.33 Å². The fraction of sp³-hybridized carbons (Fsp3) is 0.167. The third-order valence-electron chi connectivity index (χ3n) is 4.44. The van der Waals surface area contributed by atoms with Crippen molar-refractivity contribution in [3.05, 3.63) is 52.1 Å². The normalized spacial score (nSPS) is 16.6. The molecule has 0 bridgehead atoms. The van der Waals surface area contributed by atoms with E-state index in [1.165, 1.54) is 14.2 Å². The molecular weight excluding hydrogens is 401 g/mol. The van der Waals surface area contributed by atoms with E-state index in [-0.39, 0.29) is 61.7 Å². The maximum Gasteiger partial charge on any atom is 0.201 e. The fourth-order valence-electron chi connectivity index (χ4n) is 3.35. The Morgan fingerprint density at radius 1 is 0.923 bits per heavy atom. The number of aliphatic imine (C=N–C) groups is 1. The number of rotatable bonds is 2. The molecule has 2 aromatic carbocycles. The summed E-state index contributed by atoms with van der Waals surface area (Å²) in [5.41, 5.74) is 1.01. The molecular formula is C18H10Cl3NO4. The Labute approximate surface area is 163 Å². The van der Waals surface area contributed by atoms with E-state index in [2.05, 4.69) is 4.99 Å². The Balaban J connectivity index is 2.18. The Morgan fingerprint density at radius 3 is 1.92 bits per heavy atom. The second-order valence-corrected chi connectivity index (χ2v) is 7.41. The van der Waals surface area contributed by atoms with E-state index in [9.17, 15) is 9.59 Å². The van der Waals surface area contributed by atoms with E-state index in [1.54, 1.807) is 24.3 Å². The largest absolute Gasteiger partial charge is 0.495 e. The molecule has 0 atom stereocenters. The van der Waals surface area contributed by atoms with Gasteiger partial charge in [-0.25, -0.2) is 4.99 Å². The summed E-state index contributed by atoms with van der Waals surface area (Å²) in [7, 11) is 2.73. The summed E-state index contributed by atoms with van der Waals surface area (Å²) in [4.78, 5) is 30.4. The van der Waals surface area contributed by atoms with Gasteiger partial charge in [-0.1, -0.05) is 59.1 Å². The molecule has 0 N–H and O–H groups in total. The van der Waals surface area contributed by atoms with Crippen LogP contribution in [0.3, 0.4) is 0 Å². The van der Waals surface area contributed by atoms with Crippen LogP contribution < -0.4 is 9.47 Å². The molecule has 0 saturated heterocycles. The summed E-state index contributed by atoms with van der Waals surface area (Å²) in [6.07, 6.45) is 0. The van der Waals surface area contributed by atoms with Crippen molar-refractivity contribution in [2.75, 3.05) is 14.2 Å². The standard InChI is InChI=1S/C18H10Cl3NO4/c1-25-15-9-10(14(24)8-6-4-3-5-7(8)13(9)23)16(26-2)12-11(15)18(20,21)17(19)22-12/h3-6H,1-2H3. The average molecular weight is 411 g/mol. The van der Waals surface area contributed by atoms with Gasteiger partial charge in [0.1, 0.15) is 16.6 Å². The first-order chi connectivity index (χ1) is 12.3. The highest BCUT2D eigenvalue weighted by Crippen LogP contribution is 2.58. The molecule has 4 rings (SSSR count). The summed E-state index contributed by atoms with van der Waals surface area (Å²) in [6.45, 7) is 0. The number of benzene rings is 2. The molecule has 26 heavy (non-hydrogen) atoms. The molecule has 132 valence electrons. The molecule has 0 fully saturated rings. The lowest BCUT2D eigenvalue weighted by molar-refractivity contribution is 0.0974. The van der Waals surface area contributed by atoms with Crippen LogP contribution in [0.15, 0.2) is 29.3 Å². The second-order valence-electron chi connectivity index (χ2n) is 5.72. The molecule has 0 spiro atoms. The van der Waals surface area contributed by atoms with E-state index in [4.69, 9.17) is 44.3 Å². The first-order valence-electron chi connectivity index (χ1n) is 7.47. The quantitative estimate of drug-likeness (QED) is 0.588. The highest BCUT2D eigenvalue weighted by molar-refractivity contribution is 6.80. The Kier molecular flexibility index (Phi) is 3.81. The summed E-state index contributed by atoms with van der Waals surface area (Å²) in [5.74, 6) is -0.612. The minimum atomic E-state index is -1.72. The molecule has 1 heterocycles. The van der Waals surface area contributed by atoms with Gasteiger partial charge in [-0.05, 0) is 0 Å². The number of fused-ring (bicyclic) bond motifs is 3. The highest BCUT2D eigenvalue weighted by atomic mass is 35.5. The van der Waals surface area contributed by atoms with Crippen molar-refractivity contribution in [2.45, 2.75) is 4.33 Å². The highest BCUT2D eigenvalue weighted by Gasteiger charge is 2.49. The van der Waals surface area contributed by atoms with Crippen LogP contribution in [0.25, 0.3) is 0 Å². The van der Waals surface area contributed by atoms with Crippen molar-refractivity contribution >= 4 is 57.2 Å². The third-order valence-corrected chi connectivity index (χ3v) is 5.74. The number of methoxy groups -OCH3 is 2. The predicted octanol–water partition coefficient (Wildman–Crippen LogP) is 4.39. The molecule has 5 nitrogen and oxygen atoms in total. The Morgan fingerprint density at radius 2 is 1.42 bits per heavy atom. The van der Waals surface area contributed by atoms with Crippen molar-refractivity contribution in [2.24, 2.45) is 4.99 Å². The SMILES string of the molecule is COc1c2c(c(OC)c3c1C(=O)c1ccccc1C3=O)C(Cl)(Cl)C(Cl)=N2. The summed E-state index contributed by atoms with van der Waals surface area (Å²) < 4.78 is 9.14. The molecule has 0 amide bonds. The number of hydrogen-bond acceptors (Lipinski definition) is 5. The van der Waals surface area contributed by atoms with E-state index in [0.29, 0.717) is 0 Å². The second kappa shape index (κ2) is 5.71. The van der Waals surface area contributed by atoms with Gasteiger partial charge >= 0.3 is 0 Å². The van der Waals surface area contributed by atoms with E-state index >= 15 is 0 Å². The zero-order chi connectivity index (χ0) is 18.8. The van der Waals surface area contributed by atoms with Crippen LogP contribution in [-0.2, 0) is 4.33 Å². The molecule has 2 aliphatic rings. The van der Waals surface area contributed by atoms with Crippen LogP contribution in [0, 0.1) is 0 Å². The number of nitrogens with zero attached hydrogens (tertiary/aromatic N) is 1. The van der Waals surface area contributed by atoms with E-state index in [0.717, 1.165) is 0 Å². The zero-order valence-electron chi connectivity index (χ0n) is 13.5. The lowest BCUT2D eigenvalue weighted by atomic mass is 9.81. The summed E-state index contributed by atoms with van der Waals surface area (Å²) in [5, 5.41) is -0.118. The molecule has 1 aliphatic heterocycles. The first-order valence-corrected chi connectivity index (χ1v) is 8.61. The fourth-order valence-corrected chi connectivity index (χ4v) is 3.96. The van der Waals surface area contributed by atoms with Crippen molar-refractivity contribution < 1.29 is 19.1 Å². The lowest BCUT2D eigenvalue weighted by Crippen LogP contribution is -2.25. The zero-order valence-corrected chi connectivity index (χ0v) is 15.8. The van der Waals surface area contributed by atoms with Crippen LogP contribution in [0.5, 0.6) is 11.5 Å². The van der Waals surface area contributed by atoms with Gasteiger partial charge in [-0.15, -0.1) is 0 Å². The average Bonchev–Trinajstić information content (AvgIpc) is 2.87. The van der Waals surface area contributed by atoms with Gasteiger partial charge in [0.25, 0.3) is 0 Å². The molecule has 8 heteroatoms. The first kappa shape index (κ1) is 17.3. The topological polar surface area (TPSA) is 65.0 Å². The Hall–Kier alpha value is -2.08. The van der Waals surface area contributed by atoms with E-state index in [1.807, 2.05) is 0 Å². The minimum Gasteiger partial charge on any atom is -0.495 e. The van der Waals surface area contributed by atoms with Crippen molar-refractivity contribution in [3.8, 4) is 11.5 Å². The van der Waals surface area contributed by atoms with Gasteiger partial charge in [0.15, 0.2) is 17.3 Å². The number of hydrogen-bond donors (Lipinski definition) is 0. The number of alkyl halides is 2. The Bertz CT molecular complexity index is 1040. The molecule has 0 saturated carbocycles. The number of ketones is 2. The molecule has 0 unspecified atom stereocenters. The van der Waals surface area contributed by atoms with Crippen LogP contribution in [0.2, 0.25) is 0 Å². The van der Waals surface area contributed by atoms with Gasteiger partial charge < -0.3 is 9.47 Å². The van der Waals surface area contributed by atoms with Crippen molar-refractivity contribution in [3.63, 3.8) is 0 Å². The van der Waals surface area contributed by atoms with Gasteiger partial charge in [-0.2, -0.15) is 0 Å². The van der Waals surface area contributed by atoms with Gasteiger partial charge in [0.2, 0.25) is 4.33 Å². The maximum absolute atomic E-state index is 13.1. The van der Waals surface area contributed by atoms with Crippen LogP contribution in [-0.4, -0.2) is 31.0 Å². The number of carbonyl (C=O) groups excluding carboxylic acids is 2. The van der Waals surface area contributed by atoms with Gasteiger partial charge in [-0.3, -0.25) is 9.59 Å². The van der Waals surface area contributed by atoms with Crippen LogP contribution in [0.1, 0.15) is 37.4 Å². The lowest BCUT2D eigenvalue weighted by Gasteiger charge is -2.26. The third kappa shape index (κ3) is 2.02.